The van der Waals surface area contributed by atoms with Gasteiger partial charge >= 0.3 is 0 Å². The molecule has 0 aromatic heterocycles. The molecule has 1 rings (SSSR count). The fourth-order valence-electron chi connectivity index (χ4n) is 2.05. The maximum absolute atomic E-state index is 3.50. The molecule has 0 saturated heterocycles. The van der Waals surface area contributed by atoms with E-state index in [-0.39, 0.29) is 5.41 Å². The highest BCUT2D eigenvalue weighted by atomic mass is 14.9. The van der Waals surface area contributed by atoms with E-state index in [1.54, 1.807) is 0 Å². The van der Waals surface area contributed by atoms with E-state index in [4.69, 9.17) is 0 Å². The Bertz CT molecular complexity index is 343. The summed E-state index contributed by atoms with van der Waals surface area (Å²) in [5.74, 6) is 0.688. The van der Waals surface area contributed by atoms with E-state index in [1.807, 2.05) is 0 Å². The summed E-state index contributed by atoms with van der Waals surface area (Å²) in [6.07, 6.45) is 1.16. The first-order valence-corrected chi connectivity index (χ1v) is 7.12. The summed E-state index contributed by atoms with van der Waals surface area (Å²) in [4.78, 5) is 0. The van der Waals surface area contributed by atoms with Crippen LogP contribution in [0, 0.1) is 5.92 Å². The molecule has 0 aliphatic heterocycles. The molecule has 0 fully saturated rings. The van der Waals surface area contributed by atoms with E-state index < -0.39 is 0 Å². The molecule has 1 atom stereocenters. The van der Waals surface area contributed by atoms with Crippen molar-refractivity contribution in [3.8, 4) is 0 Å². The van der Waals surface area contributed by atoms with Gasteiger partial charge in [-0.25, -0.2) is 0 Å². The van der Waals surface area contributed by atoms with E-state index in [0.29, 0.717) is 12.0 Å². The van der Waals surface area contributed by atoms with Gasteiger partial charge in [-0.3, -0.25) is 0 Å². The molecule has 0 heterocycles. The van der Waals surface area contributed by atoms with Crippen molar-refractivity contribution in [2.24, 2.45) is 5.92 Å². The average Bonchev–Trinajstić information content (AvgIpc) is 2.26. The maximum Gasteiger partial charge on any atom is 0.00104 e. The van der Waals surface area contributed by atoms with Gasteiger partial charge in [0.05, 0.1) is 0 Å². The van der Waals surface area contributed by atoms with Crippen LogP contribution < -0.4 is 5.32 Å². The molecular formula is C17H29N. The van der Waals surface area contributed by atoms with E-state index in [9.17, 15) is 0 Å². The Morgan fingerprint density at radius 1 is 1.00 bits per heavy atom. The summed E-state index contributed by atoms with van der Waals surface area (Å²) in [6.45, 7) is 14.6. The fourth-order valence-corrected chi connectivity index (χ4v) is 2.05. The maximum atomic E-state index is 3.50. The topological polar surface area (TPSA) is 12.0 Å². The molecule has 1 aromatic rings. The molecule has 1 aromatic carbocycles. The average molecular weight is 247 g/mol. The monoisotopic (exact) mass is 247 g/mol. The lowest BCUT2D eigenvalue weighted by Crippen LogP contribution is -2.28. The molecule has 1 nitrogen and oxygen atoms in total. The van der Waals surface area contributed by atoms with Crippen molar-refractivity contribution >= 4 is 0 Å². The van der Waals surface area contributed by atoms with E-state index in [0.717, 1.165) is 13.0 Å². The van der Waals surface area contributed by atoms with E-state index >= 15 is 0 Å². The van der Waals surface area contributed by atoms with Gasteiger partial charge in [-0.15, -0.1) is 0 Å². The standard InChI is InChI=1S/C17H29N/c1-13(2)18-12-14(3)11-15-7-9-16(10-8-15)17(4,5)6/h7-10,13-14,18H,11-12H2,1-6H3. The van der Waals surface area contributed by atoms with Crippen LogP contribution in [-0.4, -0.2) is 12.6 Å². The second-order valence-corrected chi connectivity index (χ2v) is 6.82. The van der Waals surface area contributed by atoms with Crippen molar-refractivity contribution in [3.63, 3.8) is 0 Å². The quantitative estimate of drug-likeness (QED) is 0.824. The van der Waals surface area contributed by atoms with Crippen LogP contribution in [0.2, 0.25) is 0 Å². The second-order valence-electron chi connectivity index (χ2n) is 6.82. The number of hydrogen-bond donors (Lipinski definition) is 1. The van der Waals surface area contributed by atoms with Gasteiger partial charge < -0.3 is 5.32 Å². The number of nitrogens with one attached hydrogen (secondary N) is 1. The third kappa shape index (κ3) is 5.22. The zero-order valence-electron chi connectivity index (χ0n) is 12.9. The van der Waals surface area contributed by atoms with Gasteiger partial charge in [0.25, 0.3) is 0 Å². The summed E-state index contributed by atoms with van der Waals surface area (Å²) in [6, 6.07) is 9.70. The lowest BCUT2D eigenvalue weighted by atomic mass is 9.86. The van der Waals surface area contributed by atoms with Crippen LogP contribution in [0.4, 0.5) is 0 Å². The lowest BCUT2D eigenvalue weighted by molar-refractivity contribution is 0.475. The van der Waals surface area contributed by atoms with Crippen LogP contribution in [0.5, 0.6) is 0 Å². The molecule has 0 aliphatic rings. The molecule has 1 N–H and O–H groups in total. The predicted molar refractivity (Wildman–Crippen MR) is 81.1 cm³/mol. The Kier molecular flexibility index (Phi) is 5.40. The first-order valence-electron chi connectivity index (χ1n) is 7.12. The molecule has 0 radical (unpaired) electrons. The van der Waals surface area contributed by atoms with Gasteiger partial charge in [-0.1, -0.05) is 65.8 Å². The first kappa shape index (κ1) is 15.2. The van der Waals surface area contributed by atoms with Gasteiger partial charge in [-0.05, 0) is 35.4 Å². The van der Waals surface area contributed by atoms with Crippen molar-refractivity contribution in [1.82, 2.24) is 5.32 Å². The number of hydrogen-bond acceptors (Lipinski definition) is 1. The molecule has 0 saturated carbocycles. The van der Waals surface area contributed by atoms with Gasteiger partial charge in [0.15, 0.2) is 0 Å². The summed E-state index contributed by atoms with van der Waals surface area (Å²) in [7, 11) is 0. The molecule has 0 spiro atoms. The summed E-state index contributed by atoms with van der Waals surface area (Å²) >= 11 is 0. The molecule has 0 amide bonds. The Morgan fingerprint density at radius 3 is 2.00 bits per heavy atom. The van der Waals surface area contributed by atoms with Crippen LogP contribution in [0.25, 0.3) is 0 Å². The Balaban J connectivity index is 2.53. The third-order valence-electron chi connectivity index (χ3n) is 3.28. The normalized spacial score (nSPS) is 13.9. The number of benzene rings is 1. The highest BCUT2D eigenvalue weighted by Crippen LogP contribution is 2.22. The summed E-state index contributed by atoms with van der Waals surface area (Å²) < 4.78 is 0. The first-order chi connectivity index (χ1) is 8.29. The van der Waals surface area contributed by atoms with Gasteiger partial charge in [0.1, 0.15) is 0 Å². The summed E-state index contributed by atoms with van der Waals surface area (Å²) in [5.41, 5.74) is 3.11. The fraction of sp³-hybridized carbons (Fsp3) is 0.647. The SMILES string of the molecule is CC(CNC(C)C)Cc1ccc(C(C)(C)C)cc1. The summed E-state index contributed by atoms with van der Waals surface area (Å²) in [5, 5.41) is 3.50. The zero-order chi connectivity index (χ0) is 13.8. The molecular weight excluding hydrogens is 218 g/mol. The lowest BCUT2D eigenvalue weighted by Gasteiger charge is -2.20. The molecule has 1 heteroatoms. The Morgan fingerprint density at radius 2 is 1.56 bits per heavy atom. The van der Waals surface area contributed by atoms with E-state index in [2.05, 4.69) is 71.1 Å². The van der Waals surface area contributed by atoms with Crippen LogP contribution in [0.1, 0.15) is 52.7 Å². The van der Waals surface area contributed by atoms with Crippen LogP contribution in [0.3, 0.4) is 0 Å². The molecule has 0 aliphatic carbocycles. The highest BCUT2D eigenvalue weighted by molar-refractivity contribution is 5.27. The van der Waals surface area contributed by atoms with Crippen molar-refractivity contribution in [3.05, 3.63) is 35.4 Å². The van der Waals surface area contributed by atoms with Crippen molar-refractivity contribution < 1.29 is 0 Å². The van der Waals surface area contributed by atoms with Crippen molar-refractivity contribution in [1.29, 1.82) is 0 Å². The smallest absolute Gasteiger partial charge is 0.00104 e. The van der Waals surface area contributed by atoms with Crippen LogP contribution in [0.15, 0.2) is 24.3 Å². The van der Waals surface area contributed by atoms with Crippen molar-refractivity contribution in [2.75, 3.05) is 6.54 Å². The molecule has 0 bridgehead atoms. The Labute approximate surface area is 113 Å². The number of rotatable bonds is 5. The zero-order valence-corrected chi connectivity index (χ0v) is 12.9. The van der Waals surface area contributed by atoms with Crippen LogP contribution in [-0.2, 0) is 11.8 Å². The van der Waals surface area contributed by atoms with Crippen molar-refractivity contribution in [2.45, 2.75) is 59.4 Å². The predicted octanol–water partition coefficient (Wildman–Crippen LogP) is 4.16. The minimum atomic E-state index is 0.253. The van der Waals surface area contributed by atoms with E-state index in [1.165, 1.54) is 11.1 Å². The van der Waals surface area contributed by atoms with Gasteiger partial charge in [0, 0.05) is 6.04 Å². The minimum absolute atomic E-state index is 0.253. The molecule has 18 heavy (non-hydrogen) atoms. The third-order valence-corrected chi connectivity index (χ3v) is 3.28. The molecule has 102 valence electrons. The highest BCUT2D eigenvalue weighted by Gasteiger charge is 2.13. The second kappa shape index (κ2) is 6.38. The largest absolute Gasteiger partial charge is 0.314 e. The van der Waals surface area contributed by atoms with Crippen LogP contribution >= 0.6 is 0 Å². The Hall–Kier alpha value is -0.820. The molecule has 1 unspecified atom stereocenters. The minimum Gasteiger partial charge on any atom is -0.314 e. The van der Waals surface area contributed by atoms with Gasteiger partial charge in [0.2, 0.25) is 0 Å². The van der Waals surface area contributed by atoms with Gasteiger partial charge in [-0.2, -0.15) is 0 Å².